The zero-order valence-corrected chi connectivity index (χ0v) is 39.0. The van der Waals surface area contributed by atoms with Crippen LogP contribution in [-0.4, -0.2) is 48.9 Å². The van der Waals surface area contributed by atoms with Crippen LogP contribution in [0.4, 0.5) is 0 Å². The second-order valence-corrected chi connectivity index (χ2v) is 17.4. The van der Waals surface area contributed by atoms with Gasteiger partial charge in [-0.1, -0.05) is 198 Å². The summed E-state index contributed by atoms with van der Waals surface area (Å²) in [6, 6.07) is 0.422. The molecule has 0 aromatic rings. The number of nitrogens with zero attached hydrogens (tertiary/aromatic N) is 2. The summed E-state index contributed by atoms with van der Waals surface area (Å²) in [5.74, 6) is 0.716. The average molecular weight is 781 g/mol. The molecule has 0 spiro atoms. The maximum atomic E-state index is 14.6. The zero-order chi connectivity index (χ0) is 41.0. The van der Waals surface area contributed by atoms with E-state index in [0.717, 1.165) is 45.2 Å². The van der Waals surface area contributed by atoms with E-state index < -0.39 is 0 Å². The first-order valence-electron chi connectivity index (χ1n) is 25.1. The molecule has 0 bridgehead atoms. The number of rotatable bonds is 43. The van der Waals surface area contributed by atoms with Crippen LogP contribution in [0.25, 0.3) is 0 Å². The SMILES string of the molecule is CCCCC/C=C\C/C=C\CCCCCCCCC(CCCCCCCC/C=C\C/C=C\CCCCC)C(=O)N(CCCN(C)C)C(CCCC)CCCCC. The Labute approximate surface area is 353 Å². The predicted molar refractivity (Wildman–Crippen MR) is 254 cm³/mol. The number of amides is 1. The molecule has 3 nitrogen and oxygen atoms in total. The largest absolute Gasteiger partial charge is 0.339 e. The van der Waals surface area contributed by atoms with E-state index in [4.69, 9.17) is 0 Å². The van der Waals surface area contributed by atoms with Crippen LogP contribution in [0, 0.1) is 5.92 Å². The van der Waals surface area contributed by atoms with Crippen molar-refractivity contribution in [1.82, 2.24) is 9.80 Å². The van der Waals surface area contributed by atoms with Crippen molar-refractivity contribution in [3.8, 4) is 0 Å². The third-order valence-corrected chi connectivity index (χ3v) is 11.6. The molecule has 0 aromatic carbocycles. The molecule has 1 amide bonds. The van der Waals surface area contributed by atoms with Gasteiger partial charge in [0.1, 0.15) is 0 Å². The standard InChI is InChI=1S/C53H100N2O/c1-7-11-15-17-19-21-23-25-27-29-31-33-35-37-39-42-45-51(46-43-40-38-36-34-32-30-28-26-24-22-20-18-16-12-8-2)53(56)55(50-44-49-54(5)6)52(47-14-10-4)48-41-13-9-3/h19-22,25-28,51-52H,7-18,23-24,29-50H2,1-6H3/b21-19-,22-20-,27-25-,28-26-. The first-order valence-corrected chi connectivity index (χ1v) is 25.1. The van der Waals surface area contributed by atoms with Gasteiger partial charge in [0, 0.05) is 18.5 Å². The molecular formula is C53H100N2O. The number of hydrogen-bond donors (Lipinski definition) is 0. The summed E-state index contributed by atoms with van der Waals surface area (Å²) in [4.78, 5) is 19.3. The van der Waals surface area contributed by atoms with Gasteiger partial charge in [-0.3, -0.25) is 4.79 Å². The summed E-state index contributed by atoms with van der Waals surface area (Å²) in [5, 5.41) is 0. The van der Waals surface area contributed by atoms with Gasteiger partial charge in [-0.15, -0.1) is 0 Å². The lowest BCUT2D eigenvalue weighted by Gasteiger charge is -2.35. The molecule has 0 aliphatic heterocycles. The van der Waals surface area contributed by atoms with Crippen LogP contribution in [-0.2, 0) is 4.79 Å². The molecule has 0 saturated heterocycles. The van der Waals surface area contributed by atoms with Crippen molar-refractivity contribution in [3.05, 3.63) is 48.6 Å². The van der Waals surface area contributed by atoms with Crippen molar-refractivity contribution in [1.29, 1.82) is 0 Å². The van der Waals surface area contributed by atoms with E-state index >= 15 is 0 Å². The van der Waals surface area contributed by atoms with Crippen LogP contribution >= 0.6 is 0 Å². The van der Waals surface area contributed by atoms with Gasteiger partial charge in [-0.05, 0) is 117 Å². The van der Waals surface area contributed by atoms with Crippen molar-refractivity contribution in [2.75, 3.05) is 27.2 Å². The zero-order valence-electron chi connectivity index (χ0n) is 39.0. The van der Waals surface area contributed by atoms with Crippen molar-refractivity contribution in [2.45, 2.75) is 252 Å². The third-order valence-electron chi connectivity index (χ3n) is 11.6. The van der Waals surface area contributed by atoms with Gasteiger partial charge >= 0.3 is 0 Å². The van der Waals surface area contributed by atoms with Crippen LogP contribution in [0.3, 0.4) is 0 Å². The van der Waals surface area contributed by atoms with Crippen molar-refractivity contribution < 1.29 is 4.79 Å². The van der Waals surface area contributed by atoms with Crippen molar-refractivity contribution in [2.24, 2.45) is 5.92 Å². The fourth-order valence-corrected chi connectivity index (χ4v) is 7.94. The maximum Gasteiger partial charge on any atom is 0.225 e. The van der Waals surface area contributed by atoms with Crippen LogP contribution in [0.15, 0.2) is 48.6 Å². The molecular weight excluding hydrogens is 681 g/mol. The smallest absolute Gasteiger partial charge is 0.225 e. The van der Waals surface area contributed by atoms with Crippen LogP contribution < -0.4 is 0 Å². The Morgan fingerprint density at radius 2 is 0.750 bits per heavy atom. The Kier molecular flexibility index (Phi) is 43.2. The quantitative estimate of drug-likeness (QED) is 0.0454. The van der Waals surface area contributed by atoms with Gasteiger partial charge in [0.25, 0.3) is 0 Å². The van der Waals surface area contributed by atoms with Crippen LogP contribution in [0.1, 0.15) is 246 Å². The molecule has 0 aliphatic carbocycles. The molecule has 0 N–H and O–H groups in total. The second kappa shape index (κ2) is 44.5. The molecule has 0 fully saturated rings. The molecule has 1 atom stereocenters. The van der Waals surface area contributed by atoms with Gasteiger partial charge < -0.3 is 9.80 Å². The lowest BCUT2D eigenvalue weighted by atomic mass is 9.91. The molecule has 0 saturated carbocycles. The van der Waals surface area contributed by atoms with E-state index in [1.54, 1.807) is 0 Å². The maximum absolute atomic E-state index is 14.6. The highest BCUT2D eigenvalue weighted by atomic mass is 16.2. The van der Waals surface area contributed by atoms with E-state index in [9.17, 15) is 4.79 Å². The van der Waals surface area contributed by atoms with E-state index in [1.807, 2.05) is 0 Å². The summed E-state index contributed by atoms with van der Waals surface area (Å²) >= 11 is 0. The van der Waals surface area contributed by atoms with Gasteiger partial charge in [0.15, 0.2) is 0 Å². The van der Waals surface area contributed by atoms with E-state index in [-0.39, 0.29) is 5.92 Å². The van der Waals surface area contributed by atoms with Crippen LogP contribution in [0.2, 0.25) is 0 Å². The lowest BCUT2D eigenvalue weighted by Crippen LogP contribution is -2.45. The van der Waals surface area contributed by atoms with E-state index in [1.165, 1.54) is 186 Å². The van der Waals surface area contributed by atoms with E-state index in [2.05, 4.69) is 100 Å². The van der Waals surface area contributed by atoms with E-state index in [0.29, 0.717) is 11.9 Å². The van der Waals surface area contributed by atoms with Gasteiger partial charge in [-0.25, -0.2) is 0 Å². The molecule has 0 rings (SSSR count). The minimum Gasteiger partial charge on any atom is -0.339 e. The average Bonchev–Trinajstić information content (AvgIpc) is 3.19. The Balaban J connectivity index is 4.99. The van der Waals surface area contributed by atoms with Gasteiger partial charge in [-0.2, -0.15) is 0 Å². The summed E-state index contributed by atoms with van der Waals surface area (Å²) in [5.41, 5.74) is 0. The molecule has 1 unspecified atom stereocenters. The number of allylic oxidation sites excluding steroid dienone is 8. The molecule has 56 heavy (non-hydrogen) atoms. The third kappa shape index (κ3) is 36.7. The fraction of sp³-hybridized carbons (Fsp3) is 0.830. The summed E-state index contributed by atoms with van der Waals surface area (Å²) in [6.45, 7) is 11.1. The summed E-state index contributed by atoms with van der Waals surface area (Å²) < 4.78 is 0. The highest BCUT2D eigenvalue weighted by Crippen LogP contribution is 2.26. The molecule has 3 heteroatoms. The lowest BCUT2D eigenvalue weighted by molar-refractivity contribution is -0.139. The summed E-state index contributed by atoms with van der Waals surface area (Å²) in [6.07, 6.45) is 61.4. The Morgan fingerprint density at radius 1 is 0.393 bits per heavy atom. The highest BCUT2D eigenvalue weighted by molar-refractivity contribution is 5.79. The predicted octanol–water partition coefficient (Wildman–Crippen LogP) is 16.9. The normalized spacial score (nSPS) is 12.9. The topological polar surface area (TPSA) is 23.6 Å². The molecule has 0 radical (unpaired) electrons. The fourth-order valence-electron chi connectivity index (χ4n) is 7.94. The Hall–Kier alpha value is -1.61. The van der Waals surface area contributed by atoms with Crippen LogP contribution in [0.5, 0.6) is 0 Å². The minimum atomic E-state index is 0.210. The number of carbonyl (C=O) groups is 1. The van der Waals surface area contributed by atoms with Gasteiger partial charge in [0.2, 0.25) is 5.91 Å². The number of unbranched alkanes of at least 4 members (excludes halogenated alkanes) is 21. The second-order valence-electron chi connectivity index (χ2n) is 17.4. The Morgan fingerprint density at radius 3 is 1.18 bits per heavy atom. The summed E-state index contributed by atoms with van der Waals surface area (Å²) in [7, 11) is 4.34. The van der Waals surface area contributed by atoms with Crippen molar-refractivity contribution in [3.63, 3.8) is 0 Å². The highest BCUT2D eigenvalue weighted by Gasteiger charge is 2.28. The molecule has 0 aliphatic rings. The number of hydrogen-bond acceptors (Lipinski definition) is 2. The first kappa shape index (κ1) is 54.4. The Bertz CT molecular complexity index is 869. The molecule has 0 aromatic heterocycles. The molecule has 328 valence electrons. The molecule has 0 heterocycles. The monoisotopic (exact) mass is 781 g/mol. The number of carbonyl (C=O) groups excluding carboxylic acids is 1. The van der Waals surface area contributed by atoms with Crippen molar-refractivity contribution >= 4 is 5.91 Å². The van der Waals surface area contributed by atoms with Gasteiger partial charge in [0.05, 0.1) is 0 Å². The first-order chi connectivity index (χ1) is 27.5. The minimum absolute atomic E-state index is 0.210.